The van der Waals surface area contributed by atoms with Gasteiger partial charge in [-0.3, -0.25) is 9.59 Å². The first-order valence-corrected chi connectivity index (χ1v) is 12.1. The van der Waals surface area contributed by atoms with Crippen LogP contribution in [-0.4, -0.2) is 67.3 Å². The Balaban J connectivity index is 1.54. The normalized spacial score (nSPS) is 13.2. The molecule has 0 aliphatic carbocycles. The Morgan fingerprint density at radius 2 is 1.73 bits per heavy atom. The number of carboxylic acid groups (broad SMARTS) is 1. The Bertz CT molecular complexity index is 1270. The van der Waals surface area contributed by atoms with Gasteiger partial charge in [-0.15, -0.1) is 0 Å². The van der Waals surface area contributed by atoms with Crippen LogP contribution in [0.3, 0.4) is 0 Å². The molecule has 1 saturated heterocycles. The van der Waals surface area contributed by atoms with Gasteiger partial charge in [0.05, 0.1) is 19.6 Å². The lowest BCUT2D eigenvalue weighted by Crippen LogP contribution is -2.38. The minimum absolute atomic E-state index is 0.164. The molecule has 9 heteroatoms. The van der Waals surface area contributed by atoms with Crippen molar-refractivity contribution in [2.75, 3.05) is 55.5 Å². The summed E-state index contributed by atoms with van der Waals surface area (Å²) < 4.78 is 5.48. The molecular weight excluding hydrogens is 470 g/mol. The number of benzene rings is 2. The minimum Gasteiger partial charge on any atom is -0.481 e. The van der Waals surface area contributed by atoms with E-state index in [-0.39, 0.29) is 12.3 Å². The van der Waals surface area contributed by atoms with Crippen LogP contribution >= 0.6 is 0 Å². The fraction of sp³-hybridized carbons (Fsp3) is 0.286. The molecule has 1 amide bonds. The van der Waals surface area contributed by atoms with E-state index in [0.717, 1.165) is 11.1 Å². The Kier molecular flexibility index (Phi) is 8.15. The number of aromatic nitrogens is 2. The van der Waals surface area contributed by atoms with Gasteiger partial charge in [-0.2, -0.15) is 0 Å². The molecule has 0 radical (unpaired) electrons. The van der Waals surface area contributed by atoms with Gasteiger partial charge in [0.1, 0.15) is 17.5 Å². The fourth-order valence-corrected chi connectivity index (χ4v) is 4.16. The number of nitrogens with zero attached hydrogens (tertiary/aromatic N) is 4. The standard InChI is InChI=1S/C28H31N5O4/c1-19(21-7-5-4-6-8-21)28(36)29-22-11-9-20(10-12-22)17-24-30-26(32(2)3)23(18-25(34)35)27(31-24)33-13-15-37-16-14-33/h4-12H,1,13-18H2,2-3H3,(H,29,36)(H,34,35). The molecule has 0 spiro atoms. The third-order valence-corrected chi connectivity index (χ3v) is 6.04. The lowest BCUT2D eigenvalue weighted by molar-refractivity contribution is -0.136. The van der Waals surface area contributed by atoms with Gasteiger partial charge >= 0.3 is 5.97 Å². The van der Waals surface area contributed by atoms with Gasteiger partial charge in [0.2, 0.25) is 0 Å². The summed E-state index contributed by atoms with van der Waals surface area (Å²) in [6.45, 7) is 6.31. The number of hydrogen-bond acceptors (Lipinski definition) is 7. The molecule has 9 nitrogen and oxygen atoms in total. The van der Waals surface area contributed by atoms with Crippen molar-refractivity contribution in [1.82, 2.24) is 9.97 Å². The average Bonchev–Trinajstić information content (AvgIpc) is 2.90. The molecule has 1 fully saturated rings. The summed E-state index contributed by atoms with van der Waals surface area (Å²) in [5, 5.41) is 12.4. The molecule has 0 saturated carbocycles. The van der Waals surface area contributed by atoms with Gasteiger partial charge in [0.15, 0.2) is 0 Å². The predicted molar refractivity (Wildman–Crippen MR) is 144 cm³/mol. The maximum Gasteiger partial charge on any atom is 0.308 e. The molecule has 1 aliphatic heterocycles. The number of anilines is 3. The van der Waals surface area contributed by atoms with Crippen LogP contribution in [0.4, 0.5) is 17.3 Å². The van der Waals surface area contributed by atoms with E-state index in [1.807, 2.05) is 73.6 Å². The van der Waals surface area contributed by atoms with E-state index in [4.69, 9.17) is 14.7 Å². The second kappa shape index (κ2) is 11.7. The minimum atomic E-state index is -0.929. The highest BCUT2D eigenvalue weighted by Crippen LogP contribution is 2.29. The van der Waals surface area contributed by atoms with Gasteiger partial charge in [0.25, 0.3) is 5.91 Å². The van der Waals surface area contributed by atoms with Crippen LogP contribution in [0.15, 0.2) is 61.2 Å². The maximum absolute atomic E-state index is 12.6. The second-order valence-corrected chi connectivity index (χ2v) is 9.00. The van der Waals surface area contributed by atoms with Gasteiger partial charge in [-0.05, 0) is 23.3 Å². The van der Waals surface area contributed by atoms with Crippen LogP contribution in [0, 0.1) is 0 Å². The summed E-state index contributed by atoms with van der Waals surface area (Å²) in [6.07, 6.45) is 0.291. The number of hydrogen-bond donors (Lipinski definition) is 2. The van der Waals surface area contributed by atoms with Crippen LogP contribution < -0.4 is 15.1 Å². The van der Waals surface area contributed by atoms with Crippen LogP contribution in [0.25, 0.3) is 5.57 Å². The number of nitrogens with one attached hydrogen (secondary N) is 1. The van der Waals surface area contributed by atoms with Crippen LogP contribution in [0.5, 0.6) is 0 Å². The predicted octanol–water partition coefficient (Wildman–Crippen LogP) is 3.25. The molecule has 0 bridgehead atoms. The number of aliphatic carboxylic acids is 1. The topological polar surface area (TPSA) is 108 Å². The molecule has 2 heterocycles. The molecule has 1 aliphatic rings. The third-order valence-electron chi connectivity index (χ3n) is 6.04. The highest BCUT2D eigenvalue weighted by molar-refractivity contribution is 6.24. The fourth-order valence-electron chi connectivity index (χ4n) is 4.16. The van der Waals surface area contributed by atoms with E-state index in [9.17, 15) is 14.7 Å². The van der Waals surface area contributed by atoms with Gasteiger partial charge in [0, 0.05) is 50.4 Å². The van der Waals surface area contributed by atoms with E-state index < -0.39 is 5.97 Å². The summed E-state index contributed by atoms with van der Waals surface area (Å²) >= 11 is 0. The van der Waals surface area contributed by atoms with Crippen molar-refractivity contribution in [2.24, 2.45) is 0 Å². The Morgan fingerprint density at radius 1 is 1.05 bits per heavy atom. The quantitative estimate of drug-likeness (QED) is 0.430. The Labute approximate surface area is 216 Å². The first kappa shape index (κ1) is 25.8. The van der Waals surface area contributed by atoms with E-state index in [1.54, 1.807) is 0 Å². The van der Waals surface area contributed by atoms with Crippen molar-refractivity contribution in [3.8, 4) is 0 Å². The Hall–Kier alpha value is -4.24. The van der Waals surface area contributed by atoms with Crippen molar-refractivity contribution in [3.63, 3.8) is 0 Å². The van der Waals surface area contributed by atoms with Crippen molar-refractivity contribution in [1.29, 1.82) is 0 Å². The van der Waals surface area contributed by atoms with Gasteiger partial charge in [-0.25, -0.2) is 9.97 Å². The molecule has 2 N–H and O–H groups in total. The summed E-state index contributed by atoms with van der Waals surface area (Å²) in [5.74, 6) is 0.636. The van der Waals surface area contributed by atoms with Crippen molar-refractivity contribution in [2.45, 2.75) is 12.8 Å². The third kappa shape index (κ3) is 6.50. The molecule has 0 atom stereocenters. The molecule has 0 unspecified atom stereocenters. The van der Waals surface area contributed by atoms with Gasteiger partial charge in [-0.1, -0.05) is 49.0 Å². The highest BCUT2D eigenvalue weighted by atomic mass is 16.5. The SMILES string of the molecule is C=C(C(=O)Nc1ccc(Cc2nc(N(C)C)c(CC(=O)O)c(N3CCOCC3)n2)cc1)c1ccccc1. The van der Waals surface area contributed by atoms with E-state index in [1.165, 1.54) is 0 Å². The molecule has 3 aromatic rings. The molecule has 2 aromatic carbocycles. The lowest BCUT2D eigenvalue weighted by Gasteiger charge is -2.31. The number of ether oxygens (including phenoxy) is 1. The largest absolute Gasteiger partial charge is 0.481 e. The first-order chi connectivity index (χ1) is 17.8. The number of morpholine rings is 1. The molecule has 192 valence electrons. The number of carbonyl (C=O) groups excluding carboxylic acids is 1. The summed E-state index contributed by atoms with van der Waals surface area (Å²) in [6, 6.07) is 16.8. The van der Waals surface area contributed by atoms with Crippen molar-refractivity contribution in [3.05, 3.63) is 83.7 Å². The number of carbonyl (C=O) groups is 2. The van der Waals surface area contributed by atoms with E-state index in [0.29, 0.717) is 67.0 Å². The number of amides is 1. The Morgan fingerprint density at radius 3 is 2.35 bits per heavy atom. The monoisotopic (exact) mass is 501 g/mol. The molecule has 1 aromatic heterocycles. The van der Waals surface area contributed by atoms with Crippen LogP contribution in [0.2, 0.25) is 0 Å². The second-order valence-electron chi connectivity index (χ2n) is 9.00. The summed E-state index contributed by atoms with van der Waals surface area (Å²) in [7, 11) is 3.70. The molecule has 37 heavy (non-hydrogen) atoms. The zero-order valence-corrected chi connectivity index (χ0v) is 21.1. The highest BCUT2D eigenvalue weighted by Gasteiger charge is 2.24. The first-order valence-electron chi connectivity index (χ1n) is 12.1. The molecule has 4 rings (SSSR count). The van der Waals surface area contributed by atoms with Crippen molar-refractivity contribution < 1.29 is 19.4 Å². The van der Waals surface area contributed by atoms with Crippen molar-refractivity contribution >= 4 is 34.8 Å². The van der Waals surface area contributed by atoms with E-state index >= 15 is 0 Å². The zero-order chi connectivity index (χ0) is 26.4. The average molecular weight is 502 g/mol. The van der Waals surface area contributed by atoms with Gasteiger partial charge < -0.3 is 25.0 Å². The number of rotatable bonds is 9. The van der Waals surface area contributed by atoms with E-state index in [2.05, 4.69) is 16.8 Å². The summed E-state index contributed by atoms with van der Waals surface area (Å²) in [4.78, 5) is 37.6. The van der Waals surface area contributed by atoms with Crippen LogP contribution in [0.1, 0.15) is 22.5 Å². The zero-order valence-electron chi connectivity index (χ0n) is 21.1. The van der Waals surface area contributed by atoms with Crippen LogP contribution in [-0.2, 0) is 27.2 Å². The lowest BCUT2D eigenvalue weighted by atomic mass is 10.1. The summed E-state index contributed by atoms with van der Waals surface area (Å²) in [5.41, 5.74) is 3.38. The number of carboxylic acids is 1. The smallest absolute Gasteiger partial charge is 0.308 e. The molecular formula is C28H31N5O4. The maximum atomic E-state index is 12.6.